The lowest BCUT2D eigenvalue weighted by Gasteiger charge is -2.09. The van der Waals surface area contributed by atoms with Gasteiger partial charge < -0.3 is 9.94 Å². The van der Waals surface area contributed by atoms with E-state index < -0.39 is 9.84 Å². The molecule has 2 aromatic rings. The fourth-order valence-electron chi connectivity index (χ4n) is 1.78. The molecule has 0 saturated heterocycles. The van der Waals surface area contributed by atoms with E-state index in [0.29, 0.717) is 17.2 Å². The summed E-state index contributed by atoms with van der Waals surface area (Å²) in [5.74, 6) is 0.212. The Balaban J connectivity index is 2.58. The van der Waals surface area contributed by atoms with Gasteiger partial charge in [0.1, 0.15) is 4.90 Å². The highest BCUT2D eigenvalue weighted by atomic mass is 32.2. The number of rotatable bonds is 5. The quantitative estimate of drug-likeness (QED) is 0.603. The lowest BCUT2D eigenvalue weighted by molar-refractivity contribution is -0.595. The molecule has 21 heavy (non-hydrogen) atoms. The molecule has 8 heteroatoms. The molecule has 7 nitrogen and oxygen atoms in total. The van der Waals surface area contributed by atoms with Crippen LogP contribution in [0.4, 0.5) is 0 Å². The Hall–Kier alpha value is -2.22. The van der Waals surface area contributed by atoms with Gasteiger partial charge in [0.15, 0.2) is 21.7 Å². The van der Waals surface area contributed by atoms with E-state index in [-0.39, 0.29) is 22.0 Å². The van der Waals surface area contributed by atoms with Crippen LogP contribution < -0.4 is 9.47 Å². The van der Waals surface area contributed by atoms with Crippen LogP contribution in [0.3, 0.4) is 0 Å². The molecule has 0 amide bonds. The Morgan fingerprint density at radius 3 is 2.62 bits per heavy atom. The van der Waals surface area contributed by atoms with Crippen molar-refractivity contribution >= 4 is 9.84 Å². The van der Waals surface area contributed by atoms with E-state index in [1.54, 1.807) is 0 Å². The molecule has 0 radical (unpaired) electrons. The summed E-state index contributed by atoms with van der Waals surface area (Å²) in [4.78, 5) is 8.01. The Morgan fingerprint density at radius 2 is 2.05 bits per heavy atom. The van der Waals surface area contributed by atoms with E-state index in [1.807, 2.05) is 6.92 Å². The molecule has 0 fully saturated rings. The van der Waals surface area contributed by atoms with Crippen LogP contribution in [0.5, 0.6) is 5.88 Å². The fourth-order valence-corrected chi connectivity index (χ4v) is 2.86. The number of nitrogens with zero attached hydrogens (tertiary/aromatic N) is 3. The smallest absolute Gasteiger partial charge is 0.262 e. The van der Waals surface area contributed by atoms with Crippen molar-refractivity contribution in [2.45, 2.75) is 18.7 Å². The monoisotopic (exact) mass is 309 g/mol. The van der Waals surface area contributed by atoms with Gasteiger partial charge in [0.2, 0.25) is 5.88 Å². The van der Waals surface area contributed by atoms with Crippen LogP contribution in [0.15, 0.2) is 35.6 Å². The van der Waals surface area contributed by atoms with Gasteiger partial charge in [0, 0.05) is 6.07 Å². The van der Waals surface area contributed by atoms with Crippen LogP contribution in [0.1, 0.15) is 13.8 Å². The first kappa shape index (κ1) is 15.2. The summed E-state index contributed by atoms with van der Waals surface area (Å²) in [6.07, 6.45) is 3.90. The molecule has 0 aliphatic rings. The Bertz CT molecular complexity index is 730. The summed E-state index contributed by atoms with van der Waals surface area (Å²) in [7, 11) is -3.54. The maximum Gasteiger partial charge on any atom is 0.262 e. The predicted octanol–water partition coefficient (Wildman–Crippen LogP) is 0.969. The molecule has 112 valence electrons. The van der Waals surface area contributed by atoms with Crippen molar-refractivity contribution in [3.63, 3.8) is 0 Å². The summed E-state index contributed by atoms with van der Waals surface area (Å²) in [6.45, 7) is 3.77. The normalized spacial score (nSPS) is 11.3. The fraction of sp³-hybridized carbons (Fsp3) is 0.308. The summed E-state index contributed by atoms with van der Waals surface area (Å²) < 4.78 is 29.8. The molecule has 0 unspecified atom stereocenters. The lowest BCUT2D eigenvalue weighted by Crippen LogP contribution is -2.31. The zero-order chi connectivity index (χ0) is 15.5. The van der Waals surface area contributed by atoms with E-state index in [4.69, 9.17) is 4.74 Å². The van der Waals surface area contributed by atoms with Crippen molar-refractivity contribution in [1.82, 2.24) is 9.97 Å². The third-order valence-electron chi connectivity index (χ3n) is 2.80. The summed E-state index contributed by atoms with van der Waals surface area (Å²) >= 11 is 0. The van der Waals surface area contributed by atoms with Crippen LogP contribution in [0.2, 0.25) is 0 Å². The minimum Gasteiger partial charge on any atom is -0.618 e. The first-order valence-electron chi connectivity index (χ1n) is 6.39. The Morgan fingerprint density at radius 1 is 1.29 bits per heavy atom. The molecule has 2 aromatic heterocycles. The average Bonchev–Trinajstić information content (AvgIpc) is 2.48. The van der Waals surface area contributed by atoms with E-state index in [1.165, 1.54) is 37.6 Å². The van der Waals surface area contributed by atoms with Gasteiger partial charge in [-0.15, -0.1) is 0 Å². The molecule has 2 rings (SSSR count). The van der Waals surface area contributed by atoms with Gasteiger partial charge in [-0.3, -0.25) is 0 Å². The van der Waals surface area contributed by atoms with Crippen molar-refractivity contribution in [2.24, 2.45) is 0 Å². The van der Waals surface area contributed by atoms with E-state index in [0.717, 1.165) is 0 Å². The number of hydrogen-bond donors (Lipinski definition) is 0. The second-order valence-corrected chi connectivity index (χ2v) is 6.37. The first-order chi connectivity index (χ1) is 9.99. The van der Waals surface area contributed by atoms with Gasteiger partial charge in [0.05, 0.1) is 24.8 Å². The van der Waals surface area contributed by atoms with E-state index in [9.17, 15) is 13.6 Å². The standard InChI is InChI=1S/C13H15N3O4S/c1-3-20-12-9-14-10(8-15-12)13-11(21(18,19)4-2)6-5-7-16(13)17/h5-9H,3-4H2,1-2H3. The van der Waals surface area contributed by atoms with Crippen molar-refractivity contribution < 1.29 is 17.9 Å². The number of pyridine rings is 1. The third kappa shape index (κ3) is 3.10. The number of sulfone groups is 1. The summed E-state index contributed by atoms with van der Waals surface area (Å²) in [5, 5.41) is 12.0. The van der Waals surface area contributed by atoms with E-state index >= 15 is 0 Å². The summed E-state index contributed by atoms with van der Waals surface area (Å²) in [6, 6.07) is 2.78. The second kappa shape index (κ2) is 6.04. The topological polar surface area (TPSA) is 96.1 Å². The van der Waals surface area contributed by atoms with Crippen LogP contribution in [0, 0.1) is 5.21 Å². The molecule has 0 saturated carbocycles. The number of ether oxygens (including phenoxy) is 1. The van der Waals surface area contributed by atoms with Crippen LogP contribution in [-0.2, 0) is 9.84 Å². The lowest BCUT2D eigenvalue weighted by atomic mass is 10.3. The average molecular weight is 309 g/mol. The second-order valence-electron chi connectivity index (χ2n) is 4.12. The number of hydrogen-bond acceptors (Lipinski definition) is 6. The van der Waals surface area contributed by atoms with Crippen molar-refractivity contribution in [1.29, 1.82) is 0 Å². The highest BCUT2D eigenvalue weighted by Gasteiger charge is 2.25. The molecule has 0 bridgehead atoms. The van der Waals surface area contributed by atoms with Gasteiger partial charge in [-0.1, -0.05) is 6.92 Å². The minimum atomic E-state index is -3.54. The van der Waals surface area contributed by atoms with Crippen molar-refractivity contribution in [3.05, 3.63) is 35.9 Å². The van der Waals surface area contributed by atoms with Crippen molar-refractivity contribution in [2.75, 3.05) is 12.4 Å². The maximum atomic E-state index is 12.1. The third-order valence-corrected chi connectivity index (χ3v) is 4.56. The zero-order valence-corrected chi connectivity index (χ0v) is 12.5. The van der Waals surface area contributed by atoms with Crippen LogP contribution in [0.25, 0.3) is 11.4 Å². The molecule has 0 N–H and O–H groups in total. The molecule has 0 aliphatic carbocycles. The maximum absolute atomic E-state index is 12.1. The van der Waals surface area contributed by atoms with Gasteiger partial charge >= 0.3 is 0 Å². The zero-order valence-electron chi connectivity index (χ0n) is 11.7. The van der Waals surface area contributed by atoms with Crippen LogP contribution >= 0.6 is 0 Å². The van der Waals surface area contributed by atoms with E-state index in [2.05, 4.69) is 9.97 Å². The highest BCUT2D eigenvalue weighted by Crippen LogP contribution is 2.23. The van der Waals surface area contributed by atoms with Gasteiger partial charge in [0.25, 0.3) is 5.69 Å². The Kier molecular flexibility index (Phi) is 4.37. The molecule has 0 aliphatic heterocycles. The van der Waals surface area contributed by atoms with Gasteiger partial charge in [-0.25, -0.2) is 18.4 Å². The molecule has 0 spiro atoms. The SMILES string of the molecule is CCOc1cnc(-c2c(S(=O)(=O)CC)ccc[n+]2[O-])cn1. The number of aromatic nitrogens is 3. The van der Waals surface area contributed by atoms with Crippen molar-refractivity contribution in [3.8, 4) is 17.3 Å². The van der Waals surface area contributed by atoms with Gasteiger partial charge in [-0.2, -0.15) is 4.73 Å². The molecule has 0 aromatic carbocycles. The largest absolute Gasteiger partial charge is 0.618 e. The molecular weight excluding hydrogens is 294 g/mol. The predicted molar refractivity (Wildman–Crippen MR) is 75.3 cm³/mol. The molecule has 2 heterocycles. The van der Waals surface area contributed by atoms with Gasteiger partial charge in [-0.05, 0) is 13.0 Å². The highest BCUT2D eigenvalue weighted by molar-refractivity contribution is 7.91. The Labute approximate surface area is 122 Å². The first-order valence-corrected chi connectivity index (χ1v) is 8.05. The van der Waals surface area contributed by atoms with Crippen LogP contribution in [-0.4, -0.2) is 30.7 Å². The minimum absolute atomic E-state index is 0.0325. The molecule has 0 atom stereocenters. The molecular formula is C13H15N3O4S. The summed E-state index contributed by atoms with van der Waals surface area (Å²) in [5.41, 5.74) is 0.149.